The summed E-state index contributed by atoms with van der Waals surface area (Å²) in [6, 6.07) is 7.70. The fourth-order valence-electron chi connectivity index (χ4n) is 2.03. The predicted octanol–water partition coefficient (Wildman–Crippen LogP) is 2.98. The molecule has 1 unspecified atom stereocenters. The lowest BCUT2D eigenvalue weighted by Gasteiger charge is -2.25. The van der Waals surface area contributed by atoms with E-state index in [2.05, 4.69) is 0 Å². The lowest BCUT2D eigenvalue weighted by atomic mass is 10.2. The van der Waals surface area contributed by atoms with E-state index in [1.165, 1.54) is 0 Å². The lowest BCUT2D eigenvalue weighted by molar-refractivity contribution is -0.138. The molecule has 0 aliphatic heterocycles. The van der Waals surface area contributed by atoms with Crippen LogP contribution in [-0.2, 0) is 9.53 Å². The van der Waals surface area contributed by atoms with Crippen molar-refractivity contribution in [3.63, 3.8) is 0 Å². The fourth-order valence-corrected chi connectivity index (χ4v) is 2.03. The van der Waals surface area contributed by atoms with Crippen LogP contribution in [0.2, 0.25) is 0 Å². The van der Waals surface area contributed by atoms with E-state index in [0.717, 1.165) is 11.3 Å². The number of rotatable bonds is 8. The minimum absolute atomic E-state index is 0.0233. The molecule has 21 heavy (non-hydrogen) atoms. The number of hydrogen-bond donors (Lipinski definition) is 0. The van der Waals surface area contributed by atoms with Crippen molar-refractivity contribution < 1.29 is 14.3 Å². The van der Waals surface area contributed by atoms with Crippen LogP contribution in [0.3, 0.4) is 0 Å². The van der Waals surface area contributed by atoms with Crippen molar-refractivity contribution in [3.8, 4) is 5.75 Å². The zero-order valence-electron chi connectivity index (χ0n) is 13.3. The average Bonchev–Trinajstić information content (AvgIpc) is 2.50. The van der Waals surface area contributed by atoms with Crippen molar-refractivity contribution in [1.29, 1.82) is 0 Å². The molecule has 0 heterocycles. The topological polar surface area (TPSA) is 38.8 Å². The first-order chi connectivity index (χ1) is 10.1. The Hall–Kier alpha value is -1.81. The molecule has 0 spiro atoms. The van der Waals surface area contributed by atoms with Crippen LogP contribution in [-0.4, -0.2) is 43.7 Å². The number of likely N-dealkylation sites (N-methyl/N-ethyl adjacent to an activating group) is 1. The second kappa shape index (κ2) is 9.19. The minimum Gasteiger partial charge on any atom is -0.480 e. The second-order valence-electron chi connectivity index (χ2n) is 4.71. The van der Waals surface area contributed by atoms with Crippen LogP contribution in [0.1, 0.15) is 26.3 Å². The molecule has 0 aliphatic rings. The largest absolute Gasteiger partial charge is 0.480 e. The molecule has 1 aromatic carbocycles. The van der Waals surface area contributed by atoms with E-state index in [1.807, 2.05) is 50.3 Å². The first-order valence-electron chi connectivity index (χ1n) is 7.30. The molecule has 4 heteroatoms. The predicted molar refractivity (Wildman–Crippen MR) is 85.4 cm³/mol. The van der Waals surface area contributed by atoms with Gasteiger partial charge in [-0.25, -0.2) is 0 Å². The third-order valence-electron chi connectivity index (χ3n) is 3.18. The Kier molecular flexibility index (Phi) is 7.54. The van der Waals surface area contributed by atoms with Crippen LogP contribution in [0.15, 0.2) is 30.3 Å². The van der Waals surface area contributed by atoms with Crippen LogP contribution in [0, 0.1) is 0 Å². The molecule has 1 atom stereocenters. The number of para-hydroxylation sites is 1. The van der Waals surface area contributed by atoms with Gasteiger partial charge in [-0.05, 0) is 26.8 Å². The Labute approximate surface area is 127 Å². The van der Waals surface area contributed by atoms with Gasteiger partial charge in [0.1, 0.15) is 5.75 Å². The number of nitrogens with zero attached hydrogens (tertiary/aromatic N) is 1. The van der Waals surface area contributed by atoms with E-state index in [9.17, 15) is 4.79 Å². The number of ether oxygens (including phenoxy) is 2. The van der Waals surface area contributed by atoms with E-state index in [4.69, 9.17) is 9.47 Å². The van der Waals surface area contributed by atoms with Gasteiger partial charge in [-0.15, -0.1) is 0 Å². The molecule has 0 N–H and O–H groups in total. The number of carbonyl (C=O) groups excluding carboxylic acids is 1. The lowest BCUT2D eigenvalue weighted by Crippen LogP contribution is -2.42. The van der Waals surface area contributed by atoms with Crippen LogP contribution in [0.4, 0.5) is 0 Å². The van der Waals surface area contributed by atoms with Crippen LogP contribution >= 0.6 is 0 Å². The summed E-state index contributed by atoms with van der Waals surface area (Å²) in [5.74, 6) is 0.698. The van der Waals surface area contributed by atoms with Gasteiger partial charge in [0.25, 0.3) is 5.91 Å². The molecule has 0 aromatic heterocycles. The van der Waals surface area contributed by atoms with Gasteiger partial charge >= 0.3 is 0 Å². The average molecular weight is 291 g/mol. The highest BCUT2D eigenvalue weighted by atomic mass is 16.5. The number of allylic oxidation sites excluding steroid dienone is 1. The Balaban J connectivity index is 2.75. The number of amides is 1. The maximum absolute atomic E-state index is 12.4. The molecule has 0 aliphatic carbocycles. The van der Waals surface area contributed by atoms with Crippen molar-refractivity contribution in [1.82, 2.24) is 4.90 Å². The highest BCUT2D eigenvalue weighted by Gasteiger charge is 2.21. The van der Waals surface area contributed by atoms with Gasteiger partial charge < -0.3 is 14.4 Å². The van der Waals surface area contributed by atoms with E-state index in [1.54, 1.807) is 18.9 Å². The molecule has 0 fully saturated rings. The van der Waals surface area contributed by atoms with Gasteiger partial charge in [-0.2, -0.15) is 0 Å². The SMILES string of the molecule is C/C=C/c1ccccc1OC(C)C(=O)N(CC)CCOC. The summed E-state index contributed by atoms with van der Waals surface area (Å²) in [5, 5.41) is 0. The monoisotopic (exact) mass is 291 g/mol. The molecule has 0 radical (unpaired) electrons. The second-order valence-corrected chi connectivity index (χ2v) is 4.71. The van der Waals surface area contributed by atoms with E-state index in [0.29, 0.717) is 19.7 Å². The summed E-state index contributed by atoms with van der Waals surface area (Å²) in [5.41, 5.74) is 0.972. The molecule has 116 valence electrons. The zero-order valence-corrected chi connectivity index (χ0v) is 13.3. The molecular formula is C17H25NO3. The van der Waals surface area contributed by atoms with Crippen LogP contribution in [0.5, 0.6) is 5.75 Å². The van der Waals surface area contributed by atoms with E-state index < -0.39 is 6.10 Å². The Morgan fingerprint density at radius 2 is 2.10 bits per heavy atom. The van der Waals surface area contributed by atoms with Crippen LogP contribution in [0.25, 0.3) is 6.08 Å². The standard InChI is InChI=1S/C17H25NO3/c1-5-9-15-10-7-8-11-16(15)21-14(3)17(19)18(6-2)12-13-20-4/h5,7-11,14H,6,12-13H2,1-4H3/b9-5+. The third-order valence-corrected chi connectivity index (χ3v) is 3.18. The quantitative estimate of drug-likeness (QED) is 0.739. The van der Waals surface area contributed by atoms with Gasteiger partial charge in [-0.1, -0.05) is 30.4 Å². The summed E-state index contributed by atoms with van der Waals surface area (Å²) >= 11 is 0. The molecule has 0 bridgehead atoms. The fraction of sp³-hybridized carbons (Fsp3) is 0.471. The van der Waals surface area contributed by atoms with Gasteiger partial charge in [0, 0.05) is 25.8 Å². The summed E-state index contributed by atoms with van der Waals surface area (Å²) in [4.78, 5) is 14.1. The van der Waals surface area contributed by atoms with Gasteiger partial charge in [-0.3, -0.25) is 4.79 Å². The molecule has 4 nitrogen and oxygen atoms in total. The summed E-state index contributed by atoms with van der Waals surface area (Å²) in [7, 11) is 1.63. The van der Waals surface area contributed by atoms with Crippen molar-refractivity contribution in [2.75, 3.05) is 26.8 Å². The highest BCUT2D eigenvalue weighted by Crippen LogP contribution is 2.21. The summed E-state index contributed by atoms with van der Waals surface area (Å²) < 4.78 is 10.9. The van der Waals surface area contributed by atoms with Crippen molar-refractivity contribution in [3.05, 3.63) is 35.9 Å². The first-order valence-corrected chi connectivity index (χ1v) is 7.30. The van der Waals surface area contributed by atoms with E-state index in [-0.39, 0.29) is 5.91 Å². The minimum atomic E-state index is -0.520. The molecule has 1 rings (SSSR count). The molecule has 1 aromatic rings. The zero-order chi connectivity index (χ0) is 15.7. The Morgan fingerprint density at radius 3 is 2.71 bits per heavy atom. The molecule has 0 saturated heterocycles. The summed E-state index contributed by atoms with van der Waals surface area (Å²) in [6.07, 6.45) is 3.40. The Morgan fingerprint density at radius 1 is 1.38 bits per heavy atom. The smallest absolute Gasteiger partial charge is 0.263 e. The maximum atomic E-state index is 12.4. The van der Waals surface area contributed by atoms with Crippen molar-refractivity contribution in [2.24, 2.45) is 0 Å². The normalized spacial score (nSPS) is 12.4. The maximum Gasteiger partial charge on any atom is 0.263 e. The third kappa shape index (κ3) is 5.23. The molecule has 0 saturated carbocycles. The number of benzene rings is 1. The first kappa shape index (κ1) is 17.2. The Bertz CT molecular complexity index is 471. The van der Waals surface area contributed by atoms with Crippen LogP contribution < -0.4 is 4.74 Å². The van der Waals surface area contributed by atoms with Crippen molar-refractivity contribution in [2.45, 2.75) is 26.9 Å². The van der Waals surface area contributed by atoms with Gasteiger partial charge in [0.2, 0.25) is 0 Å². The van der Waals surface area contributed by atoms with Crippen molar-refractivity contribution >= 4 is 12.0 Å². The van der Waals surface area contributed by atoms with Gasteiger partial charge in [0.05, 0.1) is 6.61 Å². The number of methoxy groups -OCH3 is 1. The highest BCUT2D eigenvalue weighted by molar-refractivity contribution is 5.81. The van der Waals surface area contributed by atoms with E-state index >= 15 is 0 Å². The van der Waals surface area contributed by atoms with Gasteiger partial charge in [0.15, 0.2) is 6.10 Å². The number of hydrogen-bond acceptors (Lipinski definition) is 3. The summed E-state index contributed by atoms with van der Waals surface area (Å²) in [6.45, 7) is 7.44. The number of carbonyl (C=O) groups is 1. The molecular weight excluding hydrogens is 266 g/mol. The molecule has 1 amide bonds.